The summed E-state index contributed by atoms with van der Waals surface area (Å²) in [5, 5.41) is 0. The number of aromatic nitrogens is 2. The quantitative estimate of drug-likeness (QED) is 0.585. The van der Waals surface area contributed by atoms with E-state index in [0.717, 1.165) is 27.0 Å². The molecule has 0 saturated heterocycles. The molecule has 0 saturated carbocycles. The molecule has 3 aromatic rings. The van der Waals surface area contributed by atoms with Gasteiger partial charge in [0.1, 0.15) is 5.82 Å². The van der Waals surface area contributed by atoms with Gasteiger partial charge in [-0.1, -0.05) is 28.1 Å². The van der Waals surface area contributed by atoms with Gasteiger partial charge in [-0.15, -0.1) is 11.6 Å². The van der Waals surface area contributed by atoms with Crippen molar-refractivity contribution in [2.45, 2.75) is 19.7 Å². The average molecular weight is 350 g/mol. The first-order valence-corrected chi connectivity index (χ1v) is 7.74. The summed E-state index contributed by atoms with van der Waals surface area (Å²) < 4.78 is 3.28. The highest BCUT2D eigenvalue weighted by Gasteiger charge is 2.12. The van der Waals surface area contributed by atoms with Crippen LogP contribution in [0, 0.1) is 13.8 Å². The maximum absolute atomic E-state index is 6.07. The molecule has 0 aliphatic rings. The molecule has 3 rings (SSSR count). The van der Waals surface area contributed by atoms with E-state index in [1.54, 1.807) is 0 Å². The Morgan fingerprint density at radius 2 is 1.80 bits per heavy atom. The Morgan fingerprint density at radius 3 is 2.45 bits per heavy atom. The Labute approximate surface area is 131 Å². The molecule has 1 heterocycles. The summed E-state index contributed by atoms with van der Waals surface area (Å²) in [5.41, 5.74) is 5.58. The smallest absolute Gasteiger partial charge is 0.129 e. The highest BCUT2D eigenvalue weighted by Crippen LogP contribution is 2.28. The van der Waals surface area contributed by atoms with Gasteiger partial charge in [-0.3, -0.25) is 4.57 Å². The number of aryl methyl sites for hydroxylation is 2. The van der Waals surface area contributed by atoms with Gasteiger partial charge in [0, 0.05) is 10.2 Å². The van der Waals surface area contributed by atoms with Gasteiger partial charge >= 0.3 is 0 Å². The second-order valence-electron chi connectivity index (χ2n) is 4.88. The minimum Gasteiger partial charge on any atom is -0.295 e. The first kappa shape index (κ1) is 13.7. The fourth-order valence-corrected chi connectivity index (χ4v) is 2.91. The lowest BCUT2D eigenvalue weighted by molar-refractivity contribution is 0.977. The highest BCUT2D eigenvalue weighted by atomic mass is 79.9. The van der Waals surface area contributed by atoms with Crippen LogP contribution in [0.3, 0.4) is 0 Å². The summed E-state index contributed by atoms with van der Waals surface area (Å²) in [6.07, 6.45) is 0. The molecule has 0 spiro atoms. The fraction of sp³-hybridized carbons (Fsp3) is 0.188. The van der Waals surface area contributed by atoms with E-state index in [4.69, 9.17) is 11.6 Å². The van der Waals surface area contributed by atoms with E-state index in [0.29, 0.717) is 5.88 Å². The molecule has 2 nitrogen and oxygen atoms in total. The molecular formula is C16H14BrClN2. The Hall–Kier alpha value is -1.32. The molecule has 20 heavy (non-hydrogen) atoms. The van der Waals surface area contributed by atoms with Gasteiger partial charge < -0.3 is 0 Å². The number of hydrogen-bond donors (Lipinski definition) is 0. The Morgan fingerprint density at radius 1 is 1.15 bits per heavy atom. The summed E-state index contributed by atoms with van der Waals surface area (Å²) in [6.45, 7) is 4.19. The maximum atomic E-state index is 6.07. The number of alkyl halides is 1. The fourth-order valence-electron chi connectivity index (χ4n) is 2.51. The number of nitrogens with zero attached hydrogens (tertiary/aromatic N) is 2. The monoisotopic (exact) mass is 348 g/mol. The van der Waals surface area contributed by atoms with Crippen LogP contribution >= 0.6 is 27.5 Å². The van der Waals surface area contributed by atoms with Crippen molar-refractivity contribution in [3.63, 3.8) is 0 Å². The molecule has 0 atom stereocenters. The molecule has 0 aliphatic carbocycles. The first-order chi connectivity index (χ1) is 9.61. The molecule has 0 fully saturated rings. The van der Waals surface area contributed by atoms with Crippen LogP contribution in [0.15, 0.2) is 40.9 Å². The van der Waals surface area contributed by atoms with Crippen LogP contribution in [0.5, 0.6) is 0 Å². The summed E-state index contributed by atoms with van der Waals surface area (Å²) in [7, 11) is 0. The Balaban J connectivity index is 2.33. The van der Waals surface area contributed by atoms with Crippen molar-refractivity contribution in [3.05, 3.63) is 57.8 Å². The molecule has 0 bridgehead atoms. The molecule has 102 valence electrons. The zero-order valence-corrected chi connectivity index (χ0v) is 13.7. The number of fused-ring (bicyclic) bond motifs is 1. The number of benzene rings is 2. The second-order valence-corrected chi connectivity index (χ2v) is 5.94. The van der Waals surface area contributed by atoms with Crippen molar-refractivity contribution in [2.75, 3.05) is 0 Å². The molecule has 0 unspecified atom stereocenters. The summed E-state index contributed by atoms with van der Waals surface area (Å²) in [6, 6.07) is 12.4. The molecule has 1 aromatic heterocycles. The highest BCUT2D eigenvalue weighted by molar-refractivity contribution is 9.10. The number of rotatable bonds is 2. The van der Waals surface area contributed by atoms with Gasteiger partial charge in [0.2, 0.25) is 0 Å². The van der Waals surface area contributed by atoms with Crippen molar-refractivity contribution in [1.82, 2.24) is 9.55 Å². The number of hydrogen-bond acceptors (Lipinski definition) is 1. The van der Waals surface area contributed by atoms with Crippen LogP contribution in [0.2, 0.25) is 0 Å². The van der Waals surface area contributed by atoms with Crippen LogP contribution in [0.25, 0.3) is 16.7 Å². The maximum Gasteiger partial charge on any atom is 0.129 e. The molecule has 0 aliphatic heterocycles. The molecule has 4 heteroatoms. The van der Waals surface area contributed by atoms with Gasteiger partial charge in [0.05, 0.1) is 16.9 Å². The molecule has 0 amide bonds. The third kappa shape index (κ3) is 2.15. The van der Waals surface area contributed by atoms with Gasteiger partial charge in [-0.25, -0.2) is 4.98 Å². The van der Waals surface area contributed by atoms with E-state index >= 15 is 0 Å². The van der Waals surface area contributed by atoms with Gasteiger partial charge in [-0.2, -0.15) is 0 Å². The Bertz CT molecular complexity index is 769. The number of para-hydroxylation sites is 2. The summed E-state index contributed by atoms with van der Waals surface area (Å²) in [5.74, 6) is 1.26. The standard InChI is InChI=1S/C16H14BrClN2/c1-10-7-12(8-11(2)16(10)17)20-14-6-4-3-5-13(14)19-15(20)9-18/h3-8H,9H2,1-2H3. The van der Waals surface area contributed by atoms with Crippen molar-refractivity contribution >= 4 is 38.6 Å². The van der Waals surface area contributed by atoms with Crippen LogP contribution < -0.4 is 0 Å². The minimum atomic E-state index is 0.392. The van der Waals surface area contributed by atoms with Gasteiger partial charge in [0.15, 0.2) is 0 Å². The third-order valence-electron chi connectivity index (χ3n) is 3.43. The van der Waals surface area contributed by atoms with Crippen molar-refractivity contribution in [1.29, 1.82) is 0 Å². The van der Waals surface area contributed by atoms with Crippen molar-refractivity contribution < 1.29 is 0 Å². The lowest BCUT2D eigenvalue weighted by atomic mass is 10.1. The summed E-state index contributed by atoms with van der Waals surface area (Å²) in [4.78, 5) is 4.61. The third-order valence-corrected chi connectivity index (χ3v) is 4.92. The van der Waals surface area contributed by atoms with E-state index in [-0.39, 0.29) is 0 Å². The topological polar surface area (TPSA) is 17.8 Å². The van der Waals surface area contributed by atoms with E-state index in [1.807, 2.05) is 18.2 Å². The summed E-state index contributed by atoms with van der Waals surface area (Å²) >= 11 is 9.68. The van der Waals surface area contributed by atoms with Crippen LogP contribution in [-0.4, -0.2) is 9.55 Å². The first-order valence-electron chi connectivity index (χ1n) is 6.41. The van der Waals surface area contributed by atoms with Crippen LogP contribution in [0.1, 0.15) is 17.0 Å². The van der Waals surface area contributed by atoms with Crippen LogP contribution in [-0.2, 0) is 5.88 Å². The van der Waals surface area contributed by atoms with E-state index in [2.05, 4.69) is 57.5 Å². The predicted molar refractivity (Wildman–Crippen MR) is 87.8 cm³/mol. The lowest BCUT2D eigenvalue weighted by Crippen LogP contribution is -2.00. The second kappa shape index (κ2) is 5.23. The zero-order chi connectivity index (χ0) is 14.3. The van der Waals surface area contributed by atoms with Crippen molar-refractivity contribution in [2.24, 2.45) is 0 Å². The molecule has 0 radical (unpaired) electrons. The van der Waals surface area contributed by atoms with E-state index in [1.165, 1.54) is 11.1 Å². The minimum absolute atomic E-state index is 0.392. The van der Waals surface area contributed by atoms with Crippen LogP contribution in [0.4, 0.5) is 0 Å². The Kier molecular flexibility index (Phi) is 3.57. The van der Waals surface area contributed by atoms with Gasteiger partial charge in [-0.05, 0) is 49.2 Å². The van der Waals surface area contributed by atoms with E-state index < -0.39 is 0 Å². The van der Waals surface area contributed by atoms with E-state index in [9.17, 15) is 0 Å². The molecule has 2 aromatic carbocycles. The zero-order valence-electron chi connectivity index (χ0n) is 11.3. The largest absolute Gasteiger partial charge is 0.295 e. The molecule has 0 N–H and O–H groups in total. The van der Waals surface area contributed by atoms with Crippen molar-refractivity contribution in [3.8, 4) is 5.69 Å². The number of imidazole rings is 1. The van der Waals surface area contributed by atoms with Gasteiger partial charge in [0.25, 0.3) is 0 Å². The molecular weight excluding hydrogens is 336 g/mol. The predicted octanol–water partition coefficient (Wildman–Crippen LogP) is 5.14. The number of halogens is 2. The lowest BCUT2D eigenvalue weighted by Gasteiger charge is -2.12. The average Bonchev–Trinajstić information content (AvgIpc) is 2.82. The normalized spacial score (nSPS) is 11.2. The SMILES string of the molecule is Cc1cc(-n2c(CCl)nc3ccccc32)cc(C)c1Br.